The molecule has 1 N–H and O–H groups in total. The largest absolute Gasteiger partial charge is 0.464 e. The molecule has 2 aromatic heterocycles. The van der Waals surface area contributed by atoms with Crippen molar-refractivity contribution in [3.05, 3.63) is 51.1 Å². The number of amides is 1. The maximum absolute atomic E-state index is 12.8. The minimum atomic E-state index is -0.345. The van der Waals surface area contributed by atoms with E-state index >= 15 is 0 Å². The molecule has 6 heteroatoms. The van der Waals surface area contributed by atoms with Crippen LogP contribution in [0.1, 0.15) is 57.3 Å². The van der Waals surface area contributed by atoms with Crippen LogP contribution in [0.25, 0.3) is 11.0 Å². The van der Waals surface area contributed by atoms with Crippen LogP contribution >= 0.6 is 11.3 Å². The third-order valence-corrected chi connectivity index (χ3v) is 6.80. The van der Waals surface area contributed by atoms with Crippen LogP contribution in [0, 0.1) is 13.8 Å². The SMILES string of the molecule is CCOC(=O)c1c(NC(=O)Cc2coc3c(C)c(C)ccc23)sc2c1CCCC2. The van der Waals surface area contributed by atoms with Gasteiger partial charge in [-0.25, -0.2) is 4.79 Å². The second kappa shape index (κ2) is 8.03. The van der Waals surface area contributed by atoms with Crippen LogP contribution in [0.4, 0.5) is 5.00 Å². The number of thiophene rings is 1. The Kier molecular flexibility index (Phi) is 5.46. The molecule has 5 nitrogen and oxygen atoms in total. The number of benzene rings is 1. The van der Waals surface area contributed by atoms with E-state index in [0.29, 0.717) is 17.2 Å². The second-order valence-corrected chi connectivity index (χ2v) is 8.61. The predicted molar refractivity (Wildman–Crippen MR) is 115 cm³/mol. The van der Waals surface area contributed by atoms with Gasteiger partial charge in [0.05, 0.1) is 24.9 Å². The molecule has 1 aliphatic carbocycles. The fourth-order valence-corrected chi connectivity index (χ4v) is 5.24. The molecule has 0 saturated carbocycles. The lowest BCUT2D eigenvalue weighted by atomic mass is 9.95. The van der Waals surface area contributed by atoms with Gasteiger partial charge in [-0.3, -0.25) is 4.79 Å². The van der Waals surface area contributed by atoms with Gasteiger partial charge in [-0.15, -0.1) is 11.3 Å². The third-order valence-electron chi connectivity index (χ3n) is 5.60. The van der Waals surface area contributed by atoms with Crippen molar-refractivity contribution in [2.75, 3.05) is 11.9 Å². The molecule has 3 aromatic rings. The average Bonchev–Trinajstić information content (AvgIpc) is 3.26. The van der Waals surface area contributed by atoms with E-state index in [0.717, 1.165) is 58.9 Å². The molecule has 0 atom stereocenters. The Morgan fingerprint density at radius 1 is 1.21 bits per heavy atom. The lowest BCUT2D eigenvalue weighted by Gasteiger charge is -2.12. The summed E-state index contributed by atoms with van der Waals surface area (Å²) < 4.78 is 11.0. The number of rotatable bonds is 5. The average molecular weight is 412 g/mol. The molecule has 0 aliphatic heterocycles. The molecule has 0 saturated heterocycles. The molecular weight excluding hydrogens is 386 g/mol. The Bertz CT molecular complexity index is 1090. The molecule has 29 heavy (non-hydrogen) atoms. The van der Waals surface area contributed by atoms with Gasteiger partial charge < -0.3 is 14.5 Å². The summed E-state index contributed by atoms with van der Waals surface area (Å²) in [6.45, 7) is 6.17. The van der Waals surface area contributed by atoms with E-state index in [9.17, 15) is 9.59 Å². The van der Waals surface area contributed by atoms with Crippen molar-refractivity contribution in [2.45, 2.75) is 52.9 Å². The number of furan rings is 1. The molecule has 0 bridgehead atoms. The molecule has 2 heterocycles. The van der Waals surface area contributed by atoms with Gasteiger partial charge in [-0.2, -0.15) is 0 Å². The minimum absolute atomic E-state index is 0.157. The number of nitrogens with one attached hydrogen (secondary N) is 1. The zero-order valence-corrected chi connectivity index (χ0v) is 17.8. The monoisotopic (exact) mass is 411 g/mol. The van der Waals surface area contributed by atoms with Crippen LogP contribution in [0.3, 0.4) is 0 Å². The number of hydrogen-bond acceptors (Lipinski definition) is 5. The van der Waals surface area contributed by atoms with Crippen molar-refractivity contribution in [1.82, 2.24) is 0 Å². The topological polar surface area (TPSA) is 68.5 Å². The van der Waals surface area contributed by atoms with Crippen molar-refractivity contribution in [3.8, 4) is 0 Å². The van der Waals surface area contributed by atoms with Crippen LogP contribution in [0.5, 0.6) is 0 Å². The van der Waals surface area contributed by atoms with Crippen molar-refractivity contribution >= 4 is 39.2 Å². The number of fused-ring (bicyclic) bond motifs is 2. The highest BCUT2D eigenvalue weighted by atomic mass is 32.1. The predicted octanol–water partition coefficient (Wildman–Crippen LogP) is 5.35. The molecule has 0 fully saturated rings. The van der Waals surface area contributed by atoms with Crippen molar-refractivity contribution in [2.24, 2.45) is 0 Å². The molecule has 4 rings (SSSR count). The van der Waals surface area contributed by atoms with E-state index in [4.69, 9.17) is 9.15 Å². The highest BCUT2D eigenvalue weighted by molar-refractivity contribution is 7.17. The maximum Gasteiger partial charge on any atom is 0.341 e. The van der Waals surface area contributed by atoms with E-state index in [1.807, 2.05) is 26.0 Å². The van der Waals surface area contributed by atoms with Crippen LogP contribution in [-0.4, -0.2) is 18.5 Å². The molecule has 0 radical (unpaired) electrons. The van der Waals surface area contributed by atoms with Gasteiger partial charge in [0.15, 0.2) is 0 Å². The summed E-state index contributed by atoms with van der Waals surface area (Å²) in [5.74, 6) is -0.503. The molecule has 1 aliphatic rings. The first-order chi connectivity index (χ1) is 14.0. The number of esters is 1. The van der Waals surface area contributed by atoms with Gasteiger partial charge in [0.25, 0.3) is 0 Å². The summed E-state index contributed by atoms with van der Waals surface area (Å²) in [6, 6.07) is 4.04. The Morgan fingerprint density at radius 2 is 2.00 bits per heavy atom. The fraction of sp³-hybridized carbons (Fsp3) is 0.391. The highest BCUT2D eigenvalue weighted by Gasteiger charge is 2.27. The first-order valence-electron chi connectivity index (χ1n) is 10.1. The minimum Gasteiger partial charge on any atom is -0.464 e. The zero-order valence-electron chi connectivity index (χ0n) is 17.0. The first-order valence-corrected chi connectivity index (χ1v) is 10.9. The first kappa shape index (κ1) is 19.7. The third kappa shape index (κ3) is 3.69. The summed E-state index contributed by atoms with van der Waals surface area (Å²) in [5.41, 5.74) is 5.51. The molecule has 0 spiro atoms. The number of hydrogen-bond donors (Lipinski definition) is 1. The number of carbonyl (C=O) groups excluding carboxylic acids is 2. The molecule has 1 aromatic carbocycles. The van der Waals surface area contributed by atoms with Crippen LogP contribution < -0.4 is 5.32 Å². The fourth-order valence-electron chi connectivity index (χ4n) is 3.94. The molecule has 1 amide bonds. The van der Waals surface area contributed by atoms with Crippen molar-refractivity contribution in [1.29, 1.82) is 0 Å². The van der Waals surface area contributed by atoms with Gasteiger partial charge in [-0.05, 0) is 63.1 Å². The molecule has 0 unspecified atom stereocenters. The van der Waals surface area contributed by atoms with Gasteiger partial charge in [0, 0.05) is 15.8 Å². The van der Waals surface area contributed by atoms with E-state index in [1.165, 1.54) is 16.2 Å². The Labute approximate surface area is 174 Å². The number of aryl methyl sites for hydroxylation is 3. The smallest absolute Gasteiger partial charge is 0.341 e. The maximum atomic E-state index is 12.8. The summed E-state index contributed by atoms with van der Waals surface area (Å²) in [4.78, 5) is 26.6. The highest BCUT2D eigenvalue weighted by Crippen LogP contribution is 2.38. The lowest BCUT2D eigenvalue weighted by molar-refractivity contribution is -0.115. The summed E-state index contributed by atoms with van der Waals surface area (Å²) >= 11 is 1.51. The van der Waals surface area contributed by atoms with E-state index < -0.39 is 0 Å². The zero-order chi connectivity index (χ0) is 20.5. The van der Waals surface area contributed by atoms with Crippen molar-refractivity contribution < 1.29 is 18.7 Å². The van der Waals surface area contributed by atoms with Crippen LogP contribution in [0.15, 0.2) is 22.8 Å². The number of carbonyl (C=O) groups is 2. The van der Waals surface area contributed by atoms with E-state index in [1.54, 1.807) is 13.2 Å². The quantitative estimate of drug-likeness (QED) is 0.575. The van der Waals surface area contributed by atoms with Crippen molar-refractivity contribution in [3.63, 3.8) is 0 Å². The van der Waals surface area contributed by atoms with Crippen LogP contribution in [0.2, 0.25) is 0 Å². The van der Waals surface area contributed by atoms with E-state index in [2.05, 4.69) is 5.32 Å². The number of anilines is 1. The summed E-state index contributed by atoms with van der Waals surface area (Å²) in [7, 11) is 0. The van der Waals surface area contributed by atoms with Gasteiger partial charge in [0.2, 0.25) is 5.91 Å². The Morgan fingerprint density at radius 3 is 2.79 bits per heavy atom. The van der Waals surface area contributed by atoms with Gasteiger partial charge in [-0.1, -0.05) is 12.1 Å². The molecule has 152 valence electrons. The second-order valence-electron chi connectivity index (χ2n) is 7.51. The Hall–Kier alpha value is -2.60. The van der Waals surface area contributed by atoms with Gasteiger partial charge in [0.1, 0.15) is 10.6 Å². The van der Waals surface area contributed by atoms with Crippen LogP contribution in [-0.2, 0) is 28.8 Å². The number of ether oxygens (including phenoxy) is 1. The summed E-state index contributed by atoms with van der Waals surface area (Å²) in [5, 5.41) is 4.54. The standard InChI is InChI=1S/C23H25NO4S/c1-4-27-23(26)20-17-7-5-6-8-18(17)29-22(20)24-19(25)11-15-12-28-21-14(3)13(2)9-10-16(15)21/h9-10,12H,4-8,11H2,1-3H3,(H,24,25). The van der Waals surface area contributed by atoms with Gasteiger partial charge >= 0.3 is 5.97 Å². The summed E-state index contributed by atoms with van der Waals surface area (Å²) in [6.07, 6.45) is 5.84. The van der Waals surface area contributed by atoms with E-state index in [-0.39, 0.29) is 18.3 Å². The molecular formula is C23H25NO4S. The lowest BCUT2D eigenvalue weighted by Crippen LogP contribution is -2.17. The normalized spacial score (nSPS) is 13.3. The Balaban J connectivity index is 1.60.